The third kappa shape index (κ3) is 2.36. The molecule has 0 bridgehead atoms. The van der Waals surface area contributed by atoms with Gasteiger partial charge in [0.15, 0.2) is 0 Å². The first-order valence-corrected chi connectivity index (χ1v) is 11.6. The second-order valence-corrected chi connectivity index (χ2v) is 10.8. The van der Waals surface area contributed by atoms with Crippen molar-refractivity contribution in [2.45, 2.75) is 68.0 Å². The summed E-state index contributed by atoms with van der Waals surface area (Å²) in [4.78, 5) is 29.5. The van der Waals surface area contributed by atoms with Gasteiger partial charge in [-0.1, -0.05) is 6.07 Å². The maximum atomic E-state index is 13.1. The molecule has 3 N–H and O–H groups in total. The number of aliphatic hydroxyl groups is 1. The van der Waals surface area contributed by atoms with Crippen LogP contribution in [0.4, 0.5) is 4.79 Å². The number of fused-ring (bicyclic) bond motifs is 3. The Labute approximate surface area is 182 Å². The molecule has 1 unspecified atom stereocenters. The summed E-state index contributed by atoms with van der Waals surface area (Å²) in [5.41, 5.74) is -0.683. The SMILES string of the molecule is Cc1ccc(O)cc1[C@]12CC3CN(CC4CC4)[C@H]3[C@]1(O)CC[C@]1(C2)C(=O)NC(=O)N1C. The van der Waals surface area contributed by atoms with Crippen LogP contribution in [0.3, 0.4) is 0 Å². The first-order chi connectivity index (χ1) is 14.7. The smallest absolute Gasteiger partial charge is 0.324 e. The normalized spacial score (nSPS) is 41.8. The van der Waals surface area contributed by atoms with Crippen molar-refractivity contribution in [3.63, 3.8) is 0 Å². The zero-order chi connectivity index (χ0) is 21.8. The van der Waals surface area contributed by atoms with Gasteiger partial charge >= 0.3 is 6.03 Å². The number of hydrogen-bond donors (Lipinski definition) is 3. The number of nitrogens with zero attached hydrogens (tertiary/aromatic N) is 2. The van der Waals surface area contributed by atoms with Gasteiger partial charge < -0.3 is 15.1 Å². The number of urea groups is 1. The molecule has 166 valence electrons. The highest BCUT2D eigenvalue weighted by molar-refractivity contribution is 6.07. The summed E-state index contributed by atoms with van der Waals surface area (Å²) in [6.07, 6.45) is 4.64. The molecule has 2 heterocycles. The predicted molar refractivity (Wildman–Crippen MR) is 114 cm³/mol. The molecular weight excluding hydrogens is 394 g/mol. The fourth-order valence-corrected chi connectivity index (χ4v) is 7.56. The van der Waals surface area contributed by atoms with E-state index in [9.17, 15) is 19.8 Å². The molecule has 3 amide bonds. The zero-order valence-corrected chi connectivity index (χ0v) is 18.2. The van der Waals surface area contributed by atoms with Crippen molar-refractivity contribution in [1.29, 1.82) is 0 Å². The molecule has 5 fully saturated rings. The third-order valence-electron chi connectivity index (χ3n) is 9.27. The van der Waals surface area contributed by atoms with E-state index < -0.39 is 16.6 Å². The highest BCUT2D eigenvalue weighted by Crippen LogP contribution is 2.66. The maximum Gasteiger partial charge on any atom is 0.324 e. The van der Waals surface area contributed by atoms with Crippen LogP contribution < -0.4 is 5.32 Å². The number of likely N-dealkylation sites (tertiary alicyclic amines) is 1. The number of phenolic OH excluding ortho intramolecular Hbond substituents is 1. The van der Waals surface area contributed by atoms with Crippen LogP contribution in [0.15, 0.2) is 18.2 Å². The molecule has 6 rings (SSSR count). The molecule has 1 spiro atoms. The van der Waals surface area contributed by atoms with Crippen LogP contribution in [0.5, 0.6) is 5.75 Å². The van der Waals surface area contributed by atoms with E-state index in [1.165, 1.54) is 12.8 Å². The lowest BCUT2D eigenvalue weighted by atomic mass is 9.54. The number of amides is 3. The number of rotatable bonds is 3. The van der Waals surface area contributed by atoms with Gasteiger partial charge in [0.25, 0.3) is 5.91 Å². The third-order valence-corrected chi connectivity index (χ3v) is 9.27. The fraction of sp³-hybridized carbons (Fsp3) is 0.667. The van der Waals surface area contributed by atoms with Crippen LogP contribution in [0.2, 0.25) is 0 Å². The van der Waals surface area contributed by atoms with E-state index in [1.807, 2.05) is 13.0 Å². The molecule has 0 aromatic heterocycles. The van der Waals surface area contributed by atoms with Gasteiger partial charge in [-0.25, -0.2) is 4.79 Å². The number of nitrogens with one attached hydrogen (secondary N) is 1. The Balaban J connectivity index is 1.49. The van der Waals surface area contributed by atoms with Gasteiger partial charge in [-0.05, 0) is 80.5 Å². The molecule has 0 radical (unpaired) electrons. The van der Waals surface area contributed by atoms with Crippen molar-refractivity contribution < 1.29 is 19.8 Å². The lowest BCUT2D eigenvalue weighted by Gasteiger charge is -2.58. The summed E-state index contributed by atoms with van der Waals surface area (Å²) in [7, 11) is 1.69. The largest absolute Gasteiger partial charge is 0.508 e. The molecule has 2 aliphatic heterocycles. The molecule has 3 aliphatic carbocycles. The van der Waals surface area contributed by atoms with Crippen LogP contribution in [0.1, 0.15) is 49.7 Å². The van der Waals surface area contributed by atoms with Gasteiger partial charge in [0.2, 0.25) is 0 Å². The van der Waals surface area contributed by atoms with Gasteiger partial charge in [-0.3, -0.25) is 15.0 Å². The number of aromatic hydroxyl groups is 1. The first kappa shape index (κ1) is 19.6. The molecule has 5 atom stereocenters. The minimum absolute atomic E-state index is 0.0812. The van der Waals surface area contributed by atoms with E-state index in [-0.39, 0.29) is 23.7 Å². The van der Waals surface area contributed by atoms with E-state index in [4.69, 9.17) is 0 Å². The quantitative estimate of drug-likeness (QED) is 0.643. The predicted octanol–water partition coefficient (Wildman–Crippen LogP) is 1.89. The maximum absolute atomic E-state index is 13.1. The molecule has 7 nitrogen and oxygen atoms in total. The van der Waals surface area contributed by atoms with Crippen LogP contribution >= 0.6 is 0 Å². The van der Waals surface area contributed by atoms with E-state index in [0.29, 0.717) is 25.2 Å². The lowest BCUT2D eigenvalue weighted by molar-refractivity contribution is -0.155. The lowest BCUT2D eigenvalue weighted by Crippen LogP contribution is -2.70. The van der Waals surface area contributed by atoms with Crippen molar-refractivity contribution in [2.75, 3.05) is 20.1 Å². The first-order valence-electron chi connectivity index (χ1n) is 11.6. The second kappa shape index (κ2) is 6.01. The number of aryl methyl sites for hydroxylation is 1. The topological polar surface area (TPSA) is 93.1 Å². The average molecular weight is 426 g/mol. The molecule has 7 heteroatoms. The highest BCUT2D eigenvalue weighted by Gasteiger charge is 2.74. The summed E-state index contributed by atoms with van der Waals surface area (Å²) in [6, 6.07) is 5.07. The van der Waals surface area contributed by atoms with Crippen molar-refractivity contribution in [3.05, 3.63) is 29.3 Å². The van der Waals surface area contributed by atoms with Crippen molar-refractivity contribution in [3.8, 4) is 5.75 Å². The number of carbonyl (C=O) groups is 2. The second-order valence-electron chi connectivity index (χ2n) is 10.8. The molecule has 31 heavy (non-hydrogen) atoms. The van der Waals surface area contributed by atoms with E-state index >= 15 is 0 Å². The van der Waals surface area contributed by atoms with Crippen LogP contribution in [0, 0.1) is 18.8 Å². The van der Waals surface area contributed by atoms with Gasteiger partial charge in [0.1, 0.15) is 11.3 Å². The molecule has 1 aromatic carbocycles. The highest BCUT2D eigenvalue weighted by atomic mass is 16.3. The number of benzene rings is 1. The number of hydrogen-bond acceptors (Lipinski definition) is 5. The number of likely N-dealkylation sites (N-methyl/N-ethyl adjacent to an activating group) is 1. The minimum atomic E-state index is -0.985. The Morgan fingerprint density at radius 3 is 2.68 bits per heavy atom. The van der Waals surface area contributed by atoms with E-state index in [0.717, 1.165) is 36.6 Å². The number of imide groups is 1. The van der Waals surface area contributed by atoms with Gasteiger partial charge in [-0.2, -0.15) is 0 Å². The van der Waals surface area contributed by atoms with E-state index in [1.54, 1.807) is 24.1 Å². The van der Waals surface area contributed by atoms with Gasteiger partial charge in [0.05, 0.1) is 5.60 Å². The standard InChI is InChI=1S/C24H31N3O4/c1-14-3-6-17(28)9-18(14)22-10-16-12-27(11-15-4-5-15)19(16)24(22,31)8-7-23(13-22)20(29)25-21(30)26(23)2/h3,6,9,15-16,19,28,31H,4-5,7-8,10-13H2,1-2H3,(H,25,29,30)/t16?,19-,22-,23+,24-/m1/s1. The van der Waals surface area contributed by atoms with Crippen molar-refractivity contribution in [1.82, 2.24) is 15.1 Å². The summed E-state index contributed by atoms with van der Waals surface area (Å²) >= 11 is 0. The molecule has 5 aliphatic rings. The van der Waals surface area contributed by atoms with Gasteiger partial charge in [-0.15, -0.1) is 0 Å². The number of phenols is 1. The molecule has 2 saturated heterocycles. The zero-order valence-electron chi connectivity index (χ0n) is 18.2. The van der Waals surface area contributed by atoms with Crippen molar-refractivity contribution in [2.24, 2.45) is 11.8 Å². The summed E-state index contributed by atoms with van der Waals surface area (Å²) in [5, 5.41) is 25.3. The number of carbonyl (C=O) groups excluding carboxylic acids is 2. The molecular formula is C24H31N3O4. The molecule has 1 aromatic rings. The summed E-state index contributed by atoms with van der Waals surface area (Å²) in [6.45, 7) is 4.04. The summed E-state index contributed by atoms with van der Waals surface area (Å²) in [5.74, 6) is 1.03. The Bertz CT molecular complexity index is 993. The Morgan fingerprint density at radius 2 is 2.00 bits per heavy atom. The minimum Gasteiger partial charge on any atom is -0.508 e. The Morgan fingerprint density at radius 1 is 1.23 bits per heavy atom. The van der Waals surface area contributed by atoms with Crippen LogP contribution in [-0.4, -0.2) is 69.3 Å². The van der Waals surface area contributed by atoms with Gasteiger partial charge in [0, 0.05) is 31.6 Å². The van der Waals surface area contributed by atoms with E-state index in [2.05, 4.69) is 10.2 Å². The molecule has 3 saturated carbocycles. The monoisotopic (exact) mass is 425 g/mol. The van der Waals surface area contributed by atoms with Crippen LogP contribution in [0.25, 0.3) is 0 Å². The summed E-state index contributed by atoms with van der Waals surface area (Å²) < 4.78 is 0. The Hall–Kier alpha value is -2.12. The Kier molecular flexibility index (Phi) is 3.79. The van der Waals surface area contributed by atoms with Crippen LogP contribution in [-0.2, 0) is 10.2 Å². The average Bonchev–Trinajstić information content (AvgIpc) is 3.47. The fourth-order valence-electron chi connectivity index (χ4n) is 7.56. The van der Waals surface area contributed by atoms with Crippen molar-refractivity contribution >= 4 is 11.9 Å².